The largest absolute Gasteiger partial charge is 0.331 e. The Hall–Kier alpha value is -3.96. The van der Waals surface area contributed by atoms with Gasteiger partial charge in [-0.05, 0) is 42.8 Å². The Kier molecular flexibility index (Phi) is 6.22. The van der Waals surface area contributed by atoms with Gasteiger partial charge in [-0.15, -0.1) is 0 Å². The van der Waals surface area contributed by atoms with Crippen LogP contribution in [0, 0.1) is 17.0 Å². The lowest BCUT2D eigenvalue weighted by atomic mass is 10.0. The maximum absolute atomic E-state index is 13.3. The summed E-state index contributed by atoms with van der Waals surface area (Å²) in [6.45, 7) is 1.74. The molecule has 12 heteroatoms. The standard InChI is InChI=1S/C23H19ClN4O6S/c1-13-5-8-19-17(10-13)20(16-4-3-9-25-22(16)29)21(23(30)26-35(2,33)34)27(19)12-14-11-15(28(31)32)6-7-18(14)24/h3-11H,12H2,1-2H3,(H,25,29)(H,26,30). The summed E-state index contributed by atoms with van der Waals surface area (Å²) in [6, 6.07) is 12.3. The number of nitro groups is 1. The number of benzene rings is 2. The molecule has 35 heavy (non-hydrogen) atoms. The van der Waals surface area contributed by atoms with E-state index in [4.69, 9.17) is 11.6 Å². The quantitative estimate of drug-likeness (QED) is 0.297. The number of pyridine rings is 1. The maximum atomic E-state index is 13.3. The zero-order chi connectivity index (χ0) is 25.5. The number of nitrogens with zero attached hydrogens (tertiary/aromatic N) is 2. The molecule has 0 atom stereocenters. The summed E-state index contributed by atoms with van der Waals surface area (Å²) in [5, 5.41) is 12.1. The number of aromatic nitrogens is 2. The number of halogens is 1. The molecule has 0 aliphatic heterocycles. The molecule has 0 spiro atoms. The number of hydrogen-bond donors (Lipinski definition) is 2. The van der Waals surface area contributed by atoms with Crippen molar-refractivity contribution in [1.82, 2.24) is 14.3 Å². The van der Waals surface area contributed by atoms with Crippen LogP contribution in [0.2, 0.25) is 5.02 Å². The third kappa shape index (κ3) is 4.81. The van der Waals surface area contributed by atoms with Crippen LogP contribution in [0.4, 0.5) is 5.69 Å². The Bertz CT molecular complexity index is 1670. The number of amides is 1. The fourth-order valence-corrected chi connectivity index (χ4v) is 4.55. The highest BCUT2D eigenvalue weighted by Gasteiger charge is 2.27. The Morgan fingerprint density at radius 2 is 1.94 bits per heavy atom. The fourth-order valence-electron chi connectivity index (χ4n) is 3.94. The number of aryl methyl sites for hydroxylation is 1. The van der Waals surface area contributed by atoms with Crippen molar-refractivity contribution >= 4 is 44.1 Å². The lowest BCUT2D eigenvalue weighted by molar-refractivity contribution is -0.384. The first kappa shape index (κ1) is 24.2. The molecule has 0 saturated carbocycles. The van der Waals surface area contributed by atoms with Gasteiger partial charge in [-0.3, -0.25) is 19.7 Å². The lowest BCUT2D eigenvalue weighted by Gasteiger charge is -2.13. The van der Waals surface area contributed by atoms with E-state index in [1.165, 1.54) is 35.0 Å². The van der Waals surface area contributed by atoms with E-state index in [2.05, 4.69) is 4.98 Å². The predicted octanol–water partition coefficient (Wildman–Crippen LogP) is 3.60. The van der Waals surface area contributed by atoms with Crippen molar-refractivity contribution in [3.63, 3.8) is 0 Å². The highest BCUT2D eigenvalue weighted by molar-refractivity contribution is 7.89. The van der Waals surface area contributed by atoms with E-state index in [0.717, 1.165) is 11.8 Å². The van der Waals surface area contributed by atoms with Crippen LogP contribution in [0.5, 0.6) is 0 Å². The summed E-state index contributed by atoms with van der Waals surface area (Å²) in [5.41, 5.74) is 1.30. The van der Waals surface area contributed by atoms with Crippen LogP contribution < -0.4 is 10.3 Å². The van der Waals surface area contributed by atoms with Crippen molar-refractivity contribution in [2.24, 2.45) is 0 Å². The van der Waals surface area contributed by atoms with Crippen molar-refractivity contribution in [3.8, 4) is 11.1 Å². The number of rotatable bonds is 6. The Balaban J connectivity index is 2.09. The van der Waals surface area contributed by atoms with E-state index in [0.29, 0.717) is 16.5 Å². The molecule has 2 heterocycles. The lowest BCUT2D eigenvalue weighted by Crippen LogP contribution is -2.32. The van der Waals surface area contributed by atoms with Crippen LogP contribution in [0.25, 0.3) is 22.0 Å². The predicted molar refractivity (Wildman–Crippen MR) is 132 cm³/mol. The monoisotopic (exact) mass is 514 g/mol. The fraction of sp³-hybridized carbons (Fsp3) is 0.130. The summed E-state index contributed by atoms with van der Waals surface area (Å²) in [4.78, 5) is 39.4. The molecule has 4 rings (SSSR count). The van der Waals surface area contributed by atoms with Crippen molar-refractivity contribution < 1.29 is 18.1 Å². The van der Waals surface area contributed by atoms with Crippen LogP contribution in [-0.4, -0.2) is 35.1 Å². The number of H-pyrrole nitrogens is 1. The molecule has 4 aromatic rings. The third-order valence-electron chi connectivity index (χ3n) is 5.37. The summed E-state index contributed by atoms with van der Waals surface area (Å²) in [6.07, 6.45) is 2.28. The van der Waals surface area contributed by atoms with Gasteiger partial charge in [-0.2, -0.15) is 0 Å². The van der Waals surface area contributed by atoms with E-state index in [-0.39, 0.29) is 34.1 Å². The van der Waals surface area contributed by atoms with Crippen molar-refractivity contribution in [1.29, 1.82) is 0 Å². The van der Waals surface area contributed by atoms with E-state index in [9.17, 15) is 28.1 Å². The molecule has 2 aromatic carbocycles. The average molecular weight is 515 g/mol. The third-order valence-corrected chi connectivity index (χ3v) is 6.29. The van der Waals surface area contributed by atoms with Crippen molar-refractivity contribution in [2.45, 2.75) is 13.5 Å². The van der Waals surface area contributed by atoms with Gasteiger partial charge in [0, 0.05) is 45.4 Å². The number of fused-ring (bicyclic) bond motifs is 1. The summed E-state index contributed by atoms with van der Waals surface area (Å²) >= 11 is 6.33. The first-order chi connectivity index (χ1) is 16.5. The van der Waals surface area contributed by atoms with Crippen molar-refractivity contribution in [3.05, 3.63) is 97.0 Å². The second kappa shape index (κ2) is 9.01. The highest BCUT2D eigenvalue weighted by Crippen LogP contribution is 2.36. The average Bonchev–Trinajstić information content (AvgIpc) is 3.07. The molecule has 0 saturated heterocycles. The van der Waals surface area contributed by atoms with Gasteiger partial charge in [0.2, 0.25) is 10.0 Å². The number of nitrogens with one attached hydrogen (secondary N) is 2. The van der Waals surface area contributed by atoms with Gasteiger partial charge in [-0.25, -0.2) is 13.1 Å². The van der Waals surface area contributed by atoms with Crippen LogP contribution in [0.15, 0.2) is 59.5 Å². The van der Waals surface area contributed by atoms with E-state index < -0.39 is 26.4 Å². The summed E-state index contributed by atoms with van der Waals surface area (Å²) < 4.78 is 27.3. The highest BCUT2D eigenvalue weighted by atomic mass is 35.5. The Morgan fingerprint density at radius 1 is 1.20 bits per heavy atom. The van der Waals surface area contributed by atoms with Gasteiger partial charge in [0.15, 0.2) is 0 Å². The SMILES string of the molecule is Cc1ccc2c(c1)c(-c1ccc[nH]c1=O)c(C(=O)NS(C)(=O)=O)n2Cc1cc([N+](=O)[O-])ccc1Cl. The van der Waals surface area contributed by atoms with Gasteiger partial charge < -0.3 is 9.55 Å². The molecule has 180 valence electrons. The number of carbonyl (C=O) groups is 1. The Morgan fingerprint density at radius 3 is 2.60 bits per heavy atom. The molecule has 1 amide bonds. The molecule has 0 aliphatic rings. The van der Waals surface area contributed by atoms with Gasteiger partial charge in [0.25, 0.3) is 17.2 Å². The van der Waals surface area contributed by atoms with Crippen molar-refractivity contribution in [2.75, 3.05) is 6.26 Å². The number of carbonyl (C=O) groups excluding carboxylic acids is 1. The van der Waals surface area contributed by atoms with E-state index >= 15 is 0 Å². The molecule has 0 fully saturated rings. The molecule has 0 aliphatic carbocycles. The van der Waals surface area contributed by atoms with Gasteiger partial charge in [0.05, 0.1) is 17.7 Å². The number of nitro benzene ring substituents is 1. The smallest absolute Gasteiger partial charge is 0.282 e. The molecule has 0 radical (unpaired) electrons. The maximum Gasteiger partial charge on any atom is 0.282 e. The molecule has 0 bridgehead atoms. The van der Waals surface area contributed by atoms with Gasteiger partial charge in [0.1, 0.15) is 5.69 Å². The minimum Gasteiger partial charge on any atom is -0.331 e. The molecule has 10 nitrogen and oxygen atoms in total. The van der Waals surface area contributed by atoms with Gasteiger partial charge in [-0.1, -0.05) is 23.2 Å². The number of sulfonamides is 1. The van der Waals surface area contributed by atoms with Crippen LogP contribution in [0.3, 0.4) is 0 Å². The number of aromatic amines is 1. The number of hydrogen-bond acceptors (Lipinski definition) is 6. The topological polar surface area (TPSA) is 144 Å². The van der Waals surface area contributed by atoms with E-state index in [1.807, 2.05) is 11.6 Å². The van der Waals surface area contributed by atoms with E-state index in [1.54, 1.807) is 24.3 Å². The minimum absolute atomic E-state index is 0.0999. The minimum atomic E-state index is -3.96. The first-order valence-electron chi connectivity index (χ1n) is 10.2. The van der Waals surface area contributed by atoms with Crippen LogP contribution >= 0.6 is 11.6 Å². The normalized spacial score (nSPS) is 11.5. The number of non-ortho nitro benzene ring substituents is 1. The molecular formula is C23H19ClN4O6S. The summed E-state index contributed by atoms with van der Waals surface area (Å²) in [7, 11) is -3.96. The molecule has 0 unspecified atom stereocenters. The molecule has 2 aromatic heterocycles. The second-order valence-electron chi connectivity index (χ2n) is 7.98. The molecular weight excluding hydrogens is 496 g/mol. The van der Waals surface area contributed by atoms with Crippen LogP contribution in [-0.2, 0) is 16.6 Å². The first-order valence-corrected chi connectivity index (χ1v) is 12.5. The zero-order valence-electron chi connectivity index (χ0n) is 18.5. The van der Waals surface area contributed by atoms with Gasteiger partial charge >= 0.3 is 0 Å². The summed E-state index contributed by atoms with van der Waals surface area (Å²) in [5.74, 6) is -0.957. The Labute approximate surface area is 204 Å². The zero-order valence-corrected chi connectivity index (χ0v) is 20.1. The second-order valence-corrected chi connectivity index (χ2v) is 10.1. The molecule has 2 N–H and O–H groups in total. The van der Waals surface area contributed by atoms with Crippen LogP contribution in [0.1, 0.15) is 21.6 Å².